The number of halogens is 1. The van der Waals surface area contributed by atoms with E-state index in [4.69, 9.17) is 4.74 Å². The molecule has 130 valence electrons. The van der Waals surface area contributed by atoms with Gasteiger partial charge in [-0.2, -0.15) is 0 Å². The molecule has 24 heavy (non-hydrogen) atoms. The van der Waals surface area contributed by atoms with Crippen LogP contribution in [0.4, 0.5) is 10.1 Å². The third-order valence-electron chi connectivity index (χ3n) is 3.24. The lowest BCUT2D eigenvalue weighted by molar-refractivity contribution is -0.113. The first kappa shape index (κ1) is 18.2. The fourth-order valence-electron chi connectivity index (χ4n) is 1.98. The number of nitrogens with one attached hydrogen (secondary N) is 2. The molecule has 1 aromatic carbocycles. The number of anilines is 1. The van der Waals surface area contributed by atoms with Crippen LogP contribution in [-0.4, -0.2) is 40.1 Å². The molecule has 1 aromatic heterocycles. The SMILES string of the molecule is COCCCn1c(SCC(=O)Nc2ccc(C)c(F)c2)n[nH]c1=O. The molecule has 0 saturated carbocycles. The first-order valence-electron chi connectivity index (χ1n) is 7.34. The normalized spacial score (nSPS) is 10.8. The number of methoxy groups -OCH3 is 1. The van der Waals surface area contributed by atoms with Crippen LogP contribution >= 0.6 is 11.8 Å². The van der Waals surface area contributed by atoms with Crippen LogP contribution < -0.4 is 11.0 Å². The van der Waals surface area contributed by atoms with Crippen molar-refractivity contribution in [2.24, 2.45) is 0 Å². The fraction of sp³-hybridized carbons (Fsp3) is 0.400. The molecule has 0 fully saturated rings. The van der Waals surface area contributed by atoms with Crippen molar-refractivity contribution >= 4 is 23.4 Å². The molecule has 0 aliphatic rings. The predicted molar refractivity (Wildman–Crippen MR) is 89.8 cm³/mol. The number of thioether (sulfide) groups is 1. The van der Waals surface area contributed by atoms with E-state index in [0.29, 0.717) is 36.0 Å². The van der Waals surface area contributed by atoms with Crippen LogP contribution in [0.2, 0.25) is 0 Å². The summed E-state index contributed by atoms with van der Waals surface area (Å²) < 4.78 is 19.9. The average Bonchev–Trinajstić information content (AvgIpc) is 2.90. The zero-order chi connectivity index (χ0) is 17.5. The van der Waals surface area contributed by atoms with Gasteiger partial charge in [0.25, 0.3) is 0 Å². The number of aromatic amines is 1. The Kier molecular flexibility index (Phi) is 6.56. The number of ether oxygens (including phenoxy) is 1. The summed E-state index contributed by atoms with van der Waals surface area (Å²) in [6.07, 6.45) is 0.665. The summed E-state index contributed by atoms with van der Waals surface area (Å²) in [5.41, 5.74) is 0.580. The highest BCUT2D eigenvalue weighted by molar-refractivity contribution is 7.99. The minimum absolute atomic E-state index is 0.0596. The second-order valence-electron chi connectivity index (χ2n) is 5.11. The summed E-state index contributed by atoms with van der Waals surface area (Å²) in [6.45, 7) is 2.63. The van der Waals surface area contributed by atoms with Gasteiger partial charge in [0.05, 0.1) is 5.75 Å². The molecule has 2 N–H and O–H groups in total. The van der Waals surface area contributed by atoms with Gasteiger partial charge in [-0.05, 0) is 31.0 Å². The predicted octanol–water partition coefficient (Wildman–Crippen LogP) is 1.79. The van der Waals surface area contributed by atoms with E-state index in [9.17, 15) is 14.0 Å². The molecule has 2 rings (SSSR count). The Bertz CT molecular complexity index is 759. The number of carbonyl (C=O) groups excluding carboxylic acids is 1. The fourth-order valence-corrected chi connectivity index (χ4v) is 2.75. The van der Waals surface area contributed by atoms with Gasteiger partial charge >= 0.3 is 5.69 Å². The molecule has 0 spiro atoms. The summed E-state index contributed by atoms with van der Waals surface area (Å²) in [5.74, 6) is -0.619. The van der Waals surface area contributed by atoms with E-state index in [-0.39, 0.29) is 23.2 Å². The van der Waals surface area contributed by atoms with Crippen molar-refractivity contribution in [3.8, 4) is 0 Å². The number of aromatic nitrogens is 3. The van der Waals surface area contributed by atoms with Crippen LogP contribution in [0, 0.1) is 12.7 Å². The smallest absolute Gasteiger partial charge is 0.343 e. The molecule has 0 unspecified atom stereocenters. The lowest BCUT2D eigenvalue weighted by Crippen LogP contribution is -2.19. The third-order valence-corrected chi connectivity index (χ3v) is 4.22. The Morgan fingerprint density at radius 1 is 1.50 bits per heavy atom. The van der Waals surface area contributed by atoms with Crippen molar-refractivity contribution in [3.63, 3.8) is 0 Å². The maximum atomic E-state index is 13.5. The molecule has 0 atom stereocenters. The molecule has 0 radical (unpaired) electrons. The average molecular weight is 354 g/mol. The lowest BCUT2D eigenvalue weighted by Gasteiger charge is -2.07. The van der Waals surface area contributed by atoms with E-state index >= 15 is 0 Å². The standard InChI is InChI=1S/C15H19FN4O3S/c1-10-4-5-11(8-12(10)16)17-13(21)9-24-15-19-18-14(22)20(15)6-3-7-23-2/h4-5,8H,3,6-7,9H2,1-2H3,(H,17,21)(H,18,22). The van der Waals surface area contributed by atoms with Gasteiger partial charge in [-0.25, -0.2) is 14.3 Å². The highest BCUT2D eigenvalue weighted by Gasteiger charge is 2.12. The monoisotopic (exact) mass is 354 g/mol. The number of hydrogen-bond donors (Lipinski definition) is 2. The number of H-pyrrole nitrogens is 1. The number of rotatable bonds is 8. The number of amides is 1. The Morgan fingerprint density at radius 2 is 2.29 bits per heavy atom. The van der Waals surface area contributed by atoms with Crippen LogP contribution in [0.1, 0.15) is 12.0 Å². The molecule has 0 bridgehead atoms. The number of nitrogens with zero attached hydrogens (tertiary/aromatic N) is 2. The number of aryl methyl sites for hydroxylation is 1. The third kappa shape index (κ3) is 4.93. The van der Waals surface area contributed by atoms with Gasteiger partial charge in [-0.15, -0.1) is 5.10 Å². The second kappa shape index (κ2) is 8.65. The van der Waals surface area contributed by atoms with Gasteiger partial charge < -0.3 is 10.1 Å². The summed E-state index contributed by atoms with van der Waals surface area (Å²) in [6, 6.07) is 4.50. The second-order valence-corrected chi connectivity index (χ2v) is 6.05. The minimum atomic E-state index is -0.375. The quantitative estimate of drug-likeness (QED) is 0.557. The largest absolute Gasteiger partial charge is 0.385 e. The zero-order valence-electron chi connectivity index (χ0n) is 13.5. The topological polar surface area (TPSA) is 89.0 Å². The Morgan fingerprint density at radius 3 is 3.00 bits per heavy atom. The van der Waals surface area contributed by atoms with E-state index in [1.54, 1.807) is 26.2 Å². The number of carbonyl (C=O) groups is 1. The van der Waals surface area contributed by atoms with Crippen LogP contribution in [0.3, 0.4) is 0 Å². The molecule has 1 heterocycles. The first-order valence-corrected chi connectivity index (χ1v) is 8.32. The van der Waals surface area contributed by atoms with Gasteiger partial charge in [0, 0.05) is 25.9 Å². The van der Waals surface area contributed by atoms with Crippen molar-refractivity contribution in [2.45, 2.75) is 25.0 Å². The Balaban J connectivity index is 1.91. The molecule has 2 aromatic rings. The maximum Gasteiger partial charge on any atom is 0.343 e. The summed E-state index contributed by atoms with van der Waals surface area (Å²) >= 11 is 1.13. The molecular weight excluding hydrogens is 335 g/mol. The van der Waals surface area contributed by atoms with E-state index in [0.717, 1.165) is 11.8 Å². The van der Waals surface area contributed by atoms with E-state index in [1.807, 2.05) is 0 Å². The van der Waals surface area contributed by atoms with Gasteiger partial charge in [0.2, 0.25) is 5.91 Å². The van der Waals surface area contributed by atoms with Crippen molar-refractivity contribution in [1.82, 2.24) is 14.8 Å². The van der Waals surface area contributed by atoms with E-state index in [1.165, 1.54) is 10.6 Å². The van der Waals surface area contributed by atoms with E-state index in [2.05, 4.69) is 15.5 Å². The van der Waals surface area contributed by atoms with Crippen molar-refractivity contribution in [3.05, 3.63) is 40.1 Å². The van der Waals surface area contributed by atoms with Crippen molar-refractivity contribution < 1.29 is 13.9 Å². The van der Waals surface area contributed by atoms with Crippen LogP contribution in [0.15, 0.2) is 28.2 Å². The van der Waals surface area contributed by atoms with Crippen LogP contribution in [0.25, 0.3) is 0 Å². The van der Waals surface area contributed by atoms with Crippen LogP contribution in [-0.2, 0) is 16.1 Å². The highest BCUT2D eigenvalue weighted by Crippen LogP contribution is 2.16. The van der Waals surface area contributed by atoms with Gasteiger partial charge in [-0.3, -0.25) is 9.36 Å². The first-order chi connectivity index (χ1) is 11.5. The Labute approximate surface area is 142 Å². The molecule has 0 saturated heterocycles. The summed E-state index contributed by atoms with van der Waals surface area (Å²) in [5, 5.41) is 9.32. The molecule has 9 heteroatoms. The lowest BCUT2D eigenvalue weighted by atomic mass is 10.2. The molecule has 0 aliphatic heterocycles. The molecule has 0 aliphatic carbocycles. The van der Waals surface area contributed by atoms with Gasteiger partial charge in [0.15, 0.2) is 5.16 Å². The van der Waals surface area contributed by atoms with Crippen molar-refractivity contribution in [1.29, 1.82) is 0 Å². The molecule has 1 amide bonds. The number of benzene rings is 1. The summed E-state index contributed by atoms with van der Waals surface area (Å²) in [7, 11) is 1.59. The maximum absolute atomic E-state index is 13.5. The van der Waals surface area contributed by atoms with Gasteiger partial charge in [-0.1, -0.05) is 17.8 Å². The van der Waals surface area contributed by atoms with E-state index < -0.39 is 0 Å². The summed E-state index contributed by atoms with van der Waals surface area (Å²) in [4.78, 5) is 23.6. The highest BCUT2D eigenvalue weighted by atomic mass is 32.2. The minimum Gasteiger partial charge on any atom is -0.385 e. The van der Waals surface area contributed by atoms with Crippen molar-refractivity contribution in [2.75, 3.05) is 24.8 Å². The van der Waals surface area contributed by atoms with Crippen LogP contribution in [0.5, 0.6) is 0 Å². The molecule has 7 nitrogen and oxygen atoms in total. The van der Waals surface area contributed by atoms with Gasteiger partial charge in [0.1, 0.15) is 5.82 Å². The zero-order valence-corrected chi connectivity index (χ0v) is 14.3. The Hall–Kier alpha value is -2.13. The molecular formula is C15H19FN4O3S. The number of hydrogen-bond acceptors (Lipinski definition) is 5.